The van der Waals surface area contributed by atoms with Crippen LogP contribution in [-0.2, 0) is 0 Å². The average Bonchev–Trinajstić information content (AvgIpc) is 3.48. The molecule has 148 valence electrons. The number of ether oxygens (including phenoxy) is 1. The number of nitrogens with zero attached hydrogens (tertiary/aromatic N) is 2. The highest BCUT2D eigenvalue weighted by molar-refractivity contribution is 14.0. The molecule has 0 spiro atoms. The van der Waals surface area contributed by atoms with Crippen molar-refractivity contribution in [2.75, 3.05) is 34.3 Å². The highest BCUT2D eigenvalue weighted by atomic mass is 127. The molecule has 1 aliphatic carbocycles. The Balaban J connectivity index is 0.00000338. The maximum atomic E-state index is 5.22. The minimum atomic E-state index is 0. The van der Waals surface area contributed by atoms with Crippen LogP contribution in [0.4, 0.5) is 0 Å². The van der Waals surface area contributed by atoms with Gasteiger partial charge in [-0.15, -0.1) is 24.0 Å². The van der Waals surface area contributed by atoms with Crippen LogP contribution in [0, 0.1) is 0 Å². The lowest BCUT2D eigenvalue weighted by atomic mass is 9.98. The fourth-order valence-electron chi connectivity index (χ4n) is 2.96. The van der Waals surface area contributed by atoms with E-state index in [1.807, 2.05) is 19.2 Å². The smallest absolute Gasteiger partial charge is 0.191 e. The maximum absolute atomic E-state index is 5.22. The summed E-state index contributed by atoms with van der Waals surface area (Å²) in [5.41, 5.74) is 1.34. The number of aliphatic imine (C=N–C) groups is 1. The molecule has 0 aliphatic heterocycles. The fourth-order valence-corrected chi connectivity index (χ4v) is 2.96. The van der Waals surface area contributed by atoms with Gasteiger partial charge in [0, 0.05) is 32.2 Å². The molecule has 2 rings (SSSR count). The molecule has 1 aromatic rings. The molecule has 2 N–H and O–H groups in total. The van der Waals surface area contributed by atoms with E-state index in [1.54, 1.807) is 7.11 Å². The molecule has 2 unspecified atom stereocenters. The second-order valence-electron chi connectivity index (χ2n) is 7.09. The summed E-state index contributed by atoms with van der Waals surface area (Å²) >= 11 is 0. The molecule has 2 atom stereocenters. The van der Waals surface area contributed by atoms with Gasteiger partial charge in [-0.25, -0.2) is 0 Å². The molecule has 1 saturated carbocycles. The first-order valence-corrected chi connectivity index (χ1v) is 9.35. The van der Waals surface area contributed by atoms with Gasteiger partial charge in [0.25, 0.3) is 0 Å². The number of hydrogen-bond acceptors (Lipinski definition) is 3. The fraction of sp³-hybridized carbons (Fsp3) is 0.650. The molecular formula is C20H35IN4O. The largest absolute Gasteiger partial charge is 0.497 e. The van der Waals surface area contributed by atoms with Crippen molar-refractivity contribution in [3.8, 4) is 5.75 Å². The van der Waals surface area contributed by atoms with Crippen molar-refractivity contribution >= 4 is 29.9 Å². The molecule has 0 radical (unpaired) electrons. The summed E-state index contributed by atoms with van der Waals surface area (Å²) in [6.45, 7) is 6.34. The van der Waals surface area contributed by atoms with E-state index in [0.717, 1.165) is 37.3 Å². The first-order chi connectivity index (χ1) is 12.0. The summed E-state index contributed by atoms with van der Waals surface area (Å²) in [5, 5.41) is 6.87. The molecule has 0 saturated heterocycles. The highest BCUT2D eigenvalue weighted by Crippen LogP contribution is 2.26. The van der Waals surface area contributed by atoms with Crippen LogP contribution in [0.25, 0.3) is 0 Å². The van der Waals surface area contributed by atoms with E-state index in [2.05, 4.69) is 53.6 Å². The van der Waals surface area contributed by atoms with Crippen molar-refractivity contribution in [2.45, 2.75) is 51.1 Å². The van der Waals surface area contributed by atoms with Crippen molar-refractivity contribution < 1.29 is 4.74 Å². The van der Waals surface area contributed by atoms with Gasteiger partial charge in [0.15, 0.2) is 5.96 Å². The molecule has 0 heterocycles. The Kier molecular flexibility index (Phi) is 10.3. The van der Waals surface area contributed by atoms with Crippen molar-refractivity contribution in [3.05, 3.63) is 29.8 Å². The molecule has 0 aromatic heterocycles. The summed E-state index contributed by atoms with van der Waals surface area (Å²) in [6.07, 6.45) is 3.75. The Hall–Kier alpha value is -1.02. The van der Waals surface area contributed by atoms with Crippen molar-refractivity contribution in [1.29, 1.82) is 0 Å². The second kappa shape index (κ2) is 11.6. The quantitative estimate of drug-likeness (QED) is 0.327. The average molecular weight is 474 g/mol. The van der Waals surface area contributed by atoms with Crippen LogP contribution in [0.3, 0.4) is 0 Å². The SMILES string of the molecule is CN=C(NCCC(C)c1ccc(OC)cc1)NCC(C)N(C)C1CC1.I. The van der Waals surface area contributed by atoms with Crippen molar-refractivity contribution in [1.82, 2.24) is 15.5 Å². The number of hydrogen-bond donors (Lipinski definition) is 2. The van der Waals surface area contributed by atoms with Gasteiger partial charge in [0.2, 0.25) is 0 Å². The van der Waals surface area contributed by atoms with Gasteiger partial charge in [-0.05, 0) is 56.8 Å². The first kappa shape index (κ1) is 23.0. The monoisotopic (exact) mass is 474 g/mol. The summed E-state index contributed by atoms with van der Waals surface area (Å²) in [6, 6.07) is 9.65. The molecule has 0 bridgehead atoms. The maximum Gasteiger partial charge on any atom is 0.191 e. The number of rotatable bonds is 9. The van der Waals surface area contributed by atoms with Gasteiger partial charge in [-0.2, -0.15) is 0 Å². The number of guanidine groups is 1. The highest BCUT2D eigenvalue weighted by Gasteiger charge is 2.28. The van der Waals surface area contributed by atoms with E-state index in [-0.39, 0.29) is 24.0 Å². The van der Waals surface area contributed by atoms with Gasteiger partial charge >= 0.3 is 0 Å². The lowest BCUT2D eigenvalue weighted by molar-refractivity contribution is 0.247. The van der Waals surface area contributed by atoms with E-state index >= 15 is 0 Å². The Morgan fingerprint density at radius 3 is 2.42 bits per heavy atom. The molecule has 1 aliphatic rings. The number of methoxy groups -OCH3 is 1. The topological polar surface area (TPSA) is 48.9 Å². The Morgan fingerprint density at radius 1 is 1.23 bits per heavy atom. The normalized spacial score (nSPS) is 16.6. The van der Waals surface area contributed by atoms with E-state index in [0.29, 0.717) is 12.0 Å². The zero-order valence-corrected chi connectivity index (χ0v) is 19.1. The number of nitrogens with one attached hydrogen (secondary N) is 2. The van der Waals surface area contributed by atoms with E-state index in [4.69, 9.17) is 4.74 Å². The molecule has 1 fully saturated rings. The number of likely N-dealkylation sites (N-methyl/N-ethyl adjacent to an activating group) is 1. The molecule has 1 aromatic carbocycles. The Bertz CT molecular complexity index is 545. The van der Waals surface area contributed by atoms with Crippen LogP contribution >= 0.6 is 24.0 Å². The zero-order valence-electron chi connectivity index (χ0n) is 16.8. The van der Waals surface area contributed by atoms with Crippen LogP contribution in [0.15, 0.2) is 29.3 Å². The molecule has 5 nitrogen and oxygen atoms in total. The predicted octanol–water partition coefficient (Wildman–Crippen LogP) is 3.45. The Labute approximate surface area is 176 Å². The molecular weight excluding hydrogens is 439 g/mol. The minimum Gasteiger partial charge on any atom is -0.497 e. The molecule has 26 heavy (non-hydrogen) atoms. The molecule has 6 heteroatoms. The number of benzene rings is 1. The van der Waals surface area contributed by atoms with Crippen LogP contribution in [0.1, 0.15) is 44.6 Å². The third kappa shape index (κ3) is 7.31. The van der Waals surface area contributed by atoms with E-state index in [1.165, 1.54) is 18.4 Å². The van der Waals surface area contributed by atoms with E-state index < -0.39 is 0 Å². The van der Waals surface area contributed by atoms with Gasteiger partial charge in [0.05, 0.1) is 7.11 Å². The van der Waals surface area contributed by atoms with Crippen LogP contribution in [0.5, 0.6) is 5.75 Å². The summed E-state index contributed by atoms with van der Waals surface area (Å²) < 4.78 is 5.22. The van der Waals surface area contributed by atoms with Crippen LogP contribution in [0.2, 0.25) is 0 Å². The van der Waals surface area contributed by atoms with Gasteiger partial charge in [-0.3, -0.25) is 9.89 Å². The summed E-state index contributed by atoms with van der Waals surface area (Å²) in [4.78, 5) is 6.80. The van der Waals surface area contributed by atoms with Gasteiger partial charge in [-0.1, -0.05) is 19.1 Å². The second-order valence-corrected chi connectivity index (χ2v) is 7.09. The summed E-state index contributed by atoms with van der Waals surface area (Å²) in [5.74, 6) is 2.29. The van der Waals surface area contributed by atoms with Gasteiger partial charge < -0.3 is 15.4 Å². The van der Waals surface area contributed by atoms with Crippen LogP contribution in [-0.4, -0.2) is 57.2 Å². The lowest BCUT2D eigenvalue weighted by Gasteiger charge is -2.25. The van der Waals surface area contributed by atoms with Crippen molar-refractivity contribution in [3.63, 3.8) is 0 Å². The third-order valence-corrected chi connectivity index (χ3v) is 5.16. The lowest BCUT2D eigenvalue weighted by Crippen LogP contribution is -2.45. The molecule has 0 amide bonds. The minimum absolute atomic E-state index is 0. The Morgan fingerprint density at radius 2 is 1.88 bits per heavy atom. The van der Waals surface area contributed by atoms with Gasteiger partial charge in [0.1, 0.15) is 5.75 Å². The number of halogens is 1. The zero-order chi connectivity index (χ0) is 18.2. The first-order valence-electron chi connectivity index (χ1n) is 9.35. The standard InChI is InChI=1S/C20H34N4O.HI/c1-15(17-6-10-19(25-5)11-7-17)12-13-22-20(21-3)23-14-16(2)24(4)18-8-9-18;/h6-7,10-11,15-16,18H,8-9,12-14H2,1-5H3,(H2,21,22,23);1H. The van der Waals surface area contributed by atoms with Crippen molar-refractivity contribution in [2.24, 2.45) is 4.99 Å². The third-order valence-electron chi connectivity index (χ3n) is 5.16. The van der Waals surface area contributed by atoms with Crippen LogP contribution < -0.4 is 15.4 Å². The van der Waals surface area contributed by atoms with E-state index in [9.17, 15) is 0 Å². The summed E-state index contributed by atoms with van der Waals surface area (Å²) in [7, 11) is 5.75. The predicted molar refractivity (Wildman–Crippen MR) is 121 cm³/mol.